The van der Waals surface area contributed by atoms with E-state index in [-0.39, 0.29) is 6.61 Å². The van der Waals surface area contributed by atoms with Crippen molar-refractivity contribution in [3.63, 3.8) is 0 Å². The number of hydrogen-bond acceptors (Lipinski definition) is 10. The summed E-state index contributed by atoms with van der Waals surface area (Å²) in [5, 5.41) is 52.0. The monoisotopic (exact) mass is 392 g/mol. The van der Waals surface area contributed by atoms with E-state index in [1.165, 1.54) is 0 Å². The second-order valence-corrected chi connectivity index (χ2v) is 6.64. The molecule has 1 amide bonds. The number of rotatable bonds is 8. The third-order valence-electron chi connectivity index (χ3n) is 4.19. The van der Waals surface area contributed by atoms with Crippen LogP contribution >= 0.6 is 0 Å². The molecule has 0 radical (unpaired) electrons. The van der Waals surface area contributed by atoms with Crippen LogP contribution in [-0.2, 0) is 19.1 Å². The van der Waals surface area contributed by atoms with E-state index in [2.05, 4.69) is 11.9 Å². The van der Waals surface area contributed by atoms with Crippen LogP contribution < -0.4 is 5.32 Å². The van der Waals surface area contributed by atoms with Gasteiger partial charge in [0.25, 0.3) is 5.79 Å². The number of nitrogens with one attached hydrogen (secondary N) is 1. The maximum absolute atomic E-state index is 12.3. The zero-order chi connectivity index (χ0) is 20.9. The van der Waals surface area contributed by atoms with Crippen LogP contribution in [0.2, 0.25) is 0 Å². The van der Waals surface area contributed by atoms with Gasteiger partial charge in [0.05, 0.1) is 18.8 Å². The minimum Gasteiger partial charge on any atom is -0.455 e. The van der Waals surface area contributed by atoms with Crippen LogP contribution in [0.1, 0.15) is 13.3 Å². The Morgan fingerprint density at radius 2 is 2.00 bits per heavy atom. The topological polar surface area (TPSA) is 169 Å². The van der Waals surface area contributed by atoms with Gasteiger partial charge in [-0.1, -0.05) is 6.58 Å². The van der Waals surface area contributed by atoms with Crippen LogP contribution in [0, 0.1) is 0 Å². The van der Waals surface area contributed by atoms with Crippen molar-refractivity contribution in [2.45, 2.75) is 49.6 Å². The molecule has 1 aliphatic heterocycles. The van der Waals surface area contributed by atoms with E-state index < -0.39 is 61.1 Å². The summed E-state index contributed by atoms with van der Waals surface area (Å²) in [6.45, 7) is 3.71. The lowest BCUT2D eigenvalue weighted by Crippen LogP contribution is -2.67. The molecule has 1 rings (SSSR count). The molecule has 1 saturated heterocycles. The third-order valence-corrected chi connectivity index (χ3v) is 4.19. The molecule has 0 bridgehead atoms. The first-order valence-electron chi connectivity index (χ1n) is 8.27. The van der Waals surface area contributed by atoms with Gasteiger partial charge in [0.15, 0.2) is 0 Å². The van der Waals surface area contributed by atoms with Crippen molar-refractivity contribution in [2.24, 2.45) is 0 Å². The molecule has 0 aromatic heterocycles. The highest BCUT2D eigenvalue weighted by Gasteiger charge is 2.54. The van der Waals surface area contributed by atoms with Crippen LogP contribution in [0.3, 0.4) is 0 Å². The number of amides is 1. The number of aliphatic hydroxyl groups is 5. The SMILES string of the molecule is C=C(COC(=O)[C@]1(O)C[C@H](O)[C@@H](NC(C)=O)[C@H]([C@H](O)[C@H](O)CO)O1)N(C)C. The molecule has 0 unspecified atom stereocenters. The Hall–Kier alpha value is -1.76. The normalized spacial score (nSPS) is 30.1. The molecule has 6 N–H and O–H groups in total. The average molecular weight is 392 g/mol. The molecule has 0 saturated carbocycles. The standard InChI is InChI=1S/C16H28N2O9/c1-8(18(3)4)7-26-15(24)16(25)5-10(21)12(17-9(2)20)14(27-16)13(23)11(22)6-19/h10-14,19,21-23,25H,1,5-7H2,2-4H3,(H,17,20)/t10-,11+,12+,13+,14+,16-/m0/s1. The Balaban J connectivity index is 3.02. The minimum absolute atomic E-state index is 0.255. The highest BCUT2D eigenvalue weighted by atomic mass is 16.7. The van der Waals surface area contributed by atoms with Gasteiger partial charge in [0, 0.05) is 33.1 Å². The van der Waals surface area contributed by atoms with Gasteiger partial charge in [0.2, 0.25) is 5.91 Å². The first-order chi connectivity index (χ1) is 12.4. The zero-order valence-corrected chi connectivity index (χ0v) is 15.5. The van der Waals surface area contributed by atoms with Crippen molar-refractivity contribution in [2.75, 3.05) is 27.3 Å². The van der Waals surface area contributed by atoms with Crippen LogP contribution in [0.25, 0.3) is 0 Å². The van der Waals surface area contributed by atoms with E-state index in [9.17, 15) is 30.0 Å². The molecule has 11 heteroatoms. The number of carbonyl (C=O) groups is 2. The number of esters is 1. The van der Waals surface area contributed by atoms with Gasteiger partial charge in [-0.05, 0) is 0 Å². The molecule has 1 heterocycles. The third kappa shape index (κ3) is 5.86. The lowest BCUT2D eigenvalue weighted by molar-refractivity contribution is -0.297. The lowest BCUT2D eigenvalue weighted by atomic mass is 9.88. The summed E-state index contributed by atoms with van der Waals surface area (Å²) < 4.78 is 10.2. The molecule has 0 aromatic carbocycles. The maximum atomic E-state index is 12.3. The predicted octanol–water partition coefficient (Wildman–Crippen LogP) is -3.34. The summed E-state index contributed by atoms with van der Waals surface area (Å²) in [5.74, 6) is -4.45. The molecule has 0 aromatic rings. The fourth-order valence-electron chi connectivity index (χ4n) is 2.52. The molecule has 1 aliphatic rings. The van der Waals surface area contributed by atoms with E-state index in [0.29, 0.717) is 5.70 Å². The smallest absolute Gasteiger partial charge is 0.367 e. The molecule has 0 spiro atoms. The van der Waals surface area contributed by atoms with Crippen molar-refractivity contribution in [1.29, 1.82) is 0 Å². The van der Waals surface area contributed by atoms with Gasteiger partial charge in [-0.2, -0.15) is 0 Å². The number of nitrogens with zero attached hydrogens (tertiary/aromatic N) is 1. The van der Waals surface area contributed by atoms with E-state index in [1.807, 2.05) is 0 Å². The van der Waals surface area contributed by atoms with E-state index in [0.717, 1.165) is 6.92 Å². The fraction of sp³-hybridized carbons (Fsp3) is 0.750. The first kappa shape index (κ1) is 23.3. The number of carbonyl (C=O) groups excluding carboxylic acids is 2. The van der Waals surface area contributed by atoms with E-state index in [1.54, 1.807) is 19.0 Å². The van der Waals surface area contributed by atoms with Crippen molar-refractivity contribution in [3.8, 4) is 0 Å². The Labute approximate surface area is 156 Å². The summed E-state index contributed by atoms with van der Waals surface area (Å²) >= 11 is 0. The van der Waals surface area contributed by atoms with Crippen LogP contribution in [0.15, 0.2) is 12.3 Å². The Kier molecular flexibility index (Phi) is 8.14. The predicted molar refractivity (Wildman–Crippen MR) is 90.9 cm³/mol. The van der Waals surface area contributed by atoms with Crippen LogP contribution in [-0.4, -0.2) is 106 Å². The number of ether oxygens (including phenoxy) is 2. The number of aliphatic hydroxyl groups excluding tert-OH is 4. The van der Waals surface area contributed by atoms with Gasteiger partial charge in [-0.15, -0.1) is 0 Å². The van der Waals surface area contributed by atoms with Gasteiger partial charge < -0.3 is 45.2 Å². The Morgan fingerprint density at radius 1 is 1.41 bits per heavy atom. The average Bonchev–Trinajstić information content (AvgIpc) is 2.59. The summed E-state index contributed by atoms with van der Waals surface area (Å²) in [5.41, 5.74) is 0.423. The van der Waals surface area contributed by atoms with Crippen molar-refractivity contribution in [1.82, 2.24) is 10.2 Å². The number of likely N-dealkylation sites (N-methyl/N-ethyl adjacent to an activating group) is 1. The summed E-state index contributed by atoms with van der Waals surface area (Å²) in [6, 6.07) is -1.25. The Morgan fingerprint density at radius 3 is 2.48 bits per heavy atom. The largest absolute Gasteiger partial charge is 0.455 e. The van der Waals surface area contributed by atoms with Crippen molar-refractivity contribution in [3.05, 3.63) is 12.3 Å². The molecular formula is C16H28N2O9. The summed E-state index contributed by atoms with van der Waals surface area (Å²) in [4.78, 5) is 25.2. The quantitative estimate of drug-likeness (QED) is 0.230. The highest BCUT2D eigenvalue weighted by molar-refractivity contribution is 5.78. The molecule has 1 fully saturated rings. The molecule has 6 atom stereocenters. The summed E-state index contributed by atoms with van der Waals surface area (Å²) in [7, 11) is 3.35. The van der Waals surface area contributed by atoms with Crippen molar-refractivity contribution >= 4 is 11.9 Å². The fourth-order valence-corrected chi connectivity index (χ4v) is 2.52. The highest BCUT2D eigenvalue weighted by Crippen LogP contribution is 2.31. The maximum Gasteiger partial charge on any atom is 0.367 e. The lowest BCUT2D eigenvalue weighted by Gasteiger charge is -2.45. The van der Waals surface area contributed by atoms with E-state index >= 15 is 0 Å². The summed E-state index contributed by atoms with van der Waals surface area (Å²) in [6.07, 6.45) is -7.29. The van der Waals surface area contributed by atoms with Gasteiger partial charge >= 0.3 is 5.97 Å². The van der Waals surface area contributed by atoms with E-state index in [4.69, 9.17) is 14.6 Å². The Bertz CT molecular complexity index is 556. The second kappa shape index (κ2) is 9.44. The van der Waals surface area contributed by atoms with Gasteiger partial charge in [-0.3, -0.25) is 4.79 Å². The van der Waals surface area contributed by atoms with Crippen LogP contribution in [0.5, 0.6) is 0 Å². The van der Waals surface area contributed by atoms with Crippen molar-refractivity contribution < 1.29 is 44.6 Å². The minimum atomic E-state index is -2.64. The molecule has 11 nitrogen and oxygen atoms in total. The van der Waals surface area contributed by atoms with Gasteiger partial charge in [-0.25, -0.2) is 4.79 Å². The van der Waals surface area contributed by atoms with Gasteiger partial charge in [0.1, 0.15) is 24.9 Å². The molecule has 27 heavy (non-hydrogen) atoms. The first-order valence-corrected chi connectivity index (χ1v) is 8.27. The zero-order valence-electron chi connectivity index (χ0n) is 15.5. The molecular weight excluding hydrogens is 364 g/mol. The molecule has 0 aliphatic carbocycles. The number of hydrogen-bond donors (Lipinski definition) is 6. The molecule has 156 valence electrons. The van der Waals surface area contributed by atoms with Crippen LogP contribution in [0.4, 0.5) is 0 Å². The second-order valence-electron chi connectivity index (χ2n) is 6.64.